The first kappa shape index (κ1) is 21.0. The Morgan fingerprint density at radius 1 is 1.18 bits per heavy atom. The summed E-state index contributed by atoms with van der Waals surface area (Å²) in [5.74, 6) is -0.762. The second kappa shape index (κ2) is 8.37. The van der Waals surface area contributed by atoms with Crippen LogP contribution in [0.1, 0.15) is 40.0 Å². The molecule has 0 saturated carbocycles. The third-order valence-corrected chi connectivity index (χ3v) is 5.54. The molecular formula is C20H26BrFN2O4. The Hall–Kier alpha value is -1.67. The van der Waals surface area contributed by atoms with Gasteiger partial charge in [-0.05, 0) is 51.8 Å². The number of carbonyl (C=O) groups is 2. The average molecular weight is 457 g/mol. The van der Waals surface area contributed by atoms with Gasteiger partial charge < -0.3 is 14.5 Å². The predicted octanol–water partition coefficient (Wildman–Crippen LogP) is 3.54. The van der Waals surface area contributed by atoms with E-state index in [2.05, 4.69) is 15.9 Å². The monoisotopic (exact) mass is 456 g/mol. The Morgan fingerprint density at radius 2 is 1.86 bits per heavy atom. The average Bonchev–Trinajstić information content (AvgIpc) is 2.98. The van der Waals surface area contributed by atoms with Gasteiger partial charge in [0.05, 0.1) is 5.41 Å². The first-order valence-electron chi connectivity index (χ1n) is 9.54. The molecule has 2 aliphatic heterocycles. The molecule has 154 valence electrons. The van der Waals surface area contributed by atoms with E-state index in [1.165, 1.54) is 12.1 Å². The van der Waals surface area contributed by atoms with Crippen LogP contribution in [-0.2, 0) is 14.4 Å². The molecule has 0 bridgehead atoms. The molecule has 0 radical (unpaired) electrons. The summed E-state index contributed by atoms with van der Waals surface area (Å²) in [6.07, 6.45) is 1.32. The van der Waals surface area contributed by atoms with Crippen LogP contribution in [0, 0.1) is 11.2 Å². The van der Waals surface area contributed by atoms with Crippen molar-refractivity contribution in [3.63, 3.8) is 0 Å². The van der Waals surface area contributed by atoms with Crippen molar-refractivity contribution < 1.29 is 23.6 Å². The quantitative estimate of drug-likeness (QED) is 0.693. The summed E-state index contributed by atoms with van der Waals surface area (Å²) in [5, 5.41) is 1.68. The van der Waals surface area contributed by atoms with E-state index in [0.717, 1.165) is 12.8 Å². The number of piperidine rings is 1. The van der Waals surface area contributed by atoms with Gasteiger partial charge in [-0.25, -0.2) is 9.18 Å². The molecule has 0 N–H and O–H groups in total. The SMILES string of the molecule is CC(C)(C)C(=O)ON1CCC(N2CC[C@H](Oc3ccc(Br)cc3F)C2=O)CC1. The topological polar surface area (TPSA) is 59.1 Å². The number of hydrogen-bond donors (Lipinski definition) is 0. The molecule has 0 aromatic heterocycles. The van der Waals surface area contributed by atoms with Crippen LogP contribution in [-0.4, -0.2) is 53.6 Å². The van der Waals surface area contributed by atoms with E-state index < -0.39 is 17.3 Å². The molecule has 0 spiro atoms. The van der Waals surface area contributed by atoms with Crippen LogP contribution in [0.5, 0.6) is 5.75 Å². The summed E-state index contributed by atoms with van der Waals surface area (Å²) < 4.78 is 20.2. The van der Waals surface area contributed by atoms with Gasteiger partial charge in [0.15, 0.2) is 17.7 Å². The van der Waals surface area contributed by atoms with Crippen molar-refractivity contribution in [2.75, 3.05) is 19.6 Å². The van der Waals surface area contributed by atoms with E-state index in [0.29, 0.717) is 30.5 Å². The van der Waals surface area contributed by atoms with E-state index in [1.54, 1.807) is 11.1 Å². The lowest BCUT2D eigenvalue weighted by Gasteiger charge is -2.36. The summed E-state index contributed by atoms with van der Waals surface area (Å²) in [6, 6.07) is 4.61. The third-order valence-electron chi connectivity index (χ3n) is 5.04. The van der Waals surface area contributed by atoms with Crippen molar-refractivity contribution in [3.05, 3.63) is 28.5 Å². The lowest BCUT2D eigenvalue weighted by Crippen LogP contribution is -2.47. The number of amides is 1. The molecular weight excluding hydrogens is 431 g/mol. The number of halogens is 2. The minimum absolute atomic E-state index is 0.0838. The van der Waals surface area contributed by atoms with Gasteiger partial charge in [0.1, 0.15) is 0 Å². The maximum atomic E-state index is 14.0. The van der Waals surface area contributed by atoms with E-state index >= 15 is 0 Å². The van der Waals surface area contributed by atoms with Gasteiger partial charge in [-0.3, -0.25) is 4.79 Å². The molecule has 2 heterocycles. The highest BCUT2D eigenvalue weighted by atomic mass is 79.9. The first-order valence-corrected chi connectivity index (χ1v) is 10.3. The van der Waals surface area contributed by atoms with E-state index in [-0.39, 0.29) is 23.7 Å². The van der Waals surface area contributed by atoms with Gasteiger partial charge in [0, 0.05) is 36.6 Å². The zero-order valence-corrected chi connectivity index (χ0v) is 18.0. The molecule has 1 amide bonds. The molecule has 1 atom stereocenters. The van der Waals surface area contributed by atoms with Gasteiger partial charge in [0.25, 0.3) is 5.91 Å². The number of nitrogens with zero attached hydrogens (tertiary/aromatic N) is 2. The largest absolute Gasteiger partial charge is 0.477 e. The van der Waals surface area contributed by atoms with Crippen LogP contribution in [0.25, 0.3) is 0 Å². The Balaban J connectivity index is 1.52. The zero-order valence-electron chi connectivity index (χ0n) is 16.4. The standard InChI is InChI=1S/C20H26BrFN2O4/c1-20(2,3)19(26)28-23-9-6-14(7-10-23)24-11-8-17(18(24)25)27-16-5-4-13(21)12-15(16)22/h4-5,12,14,17H,6-11H2,1-3H3/t17-/m0/s1. The van der Waals surface area contributed by atoms with Crippen LogP contribution in [0.3, 0.4) is 0 Å². The maximum Gasteiger partial charge on any atom is 0.330 e. The summed E-state index contributed by atoms with van der Waals surface area (Å²) >= 11 is 3.21. The third kappa shape index (κ3) is 4.84. The predicted molar refractivity (Wildman–Crippen MR) is 105 cm³/mol. The number of rotatable bonds is 4. The fourth-order valence-corrected chi connectivity index (χ4v) is 3.70. The molecule has 2 aliphatic rings. The van der Waals surface area contributed by atoms with Crippen LogP contribution >= 0.6 is 15.9 Å². The highest BCUT2D eigenvalue weighted by Gasteiger charge is 2.39. The van der Waals surface area contributed by atoms with Crippen molar-refractivity contribution in [2.24, 2.45) is 5.41 Å². The second-order valence-electron chi connectivity index (χ2n) is 8.29. The molecule has 0 unspecified atom stereocenters. The van der Waals surface area contributed by atoms with Crippen LogP contribution in [0.4, 0.5) is 4.39 Å². The number of hydrogen-bond acceptors (Lipinski definition) is 5. The molecule has 28 heavy (non-hydrogen) atoms. The van der Waals surface area contributed by atoms with Crippen molar-refractivity contribution in [2.45, 2.75) is 52.2 Å². The van der Waals surface area contributed by atoms with E-state index in [9.17, 15) is 14.0 Å². The molecule has 2 saturated heterocycles. The summed E-state index contributed by atoms with van der Waals surface area (Å²) in [6.45, 7) is 7.22. The van der Waals surface area contributed by atoms with Crippen LogP contribution < -0.4 is 4.74 Å². The molecule has 2 fully saturated rings. The Bertz CT molecular complexity index is 744. The zero-order chi connectivity index (χ0) is 20.5. The van der Waals surface area contributed by atoms with Gasteiger partial charge in [-0.2, -0.15) is 0 Å². The molecule has 1 aromatic rings. The highest BCUT2D eigenvalue weighted by Crippen LogP contribution is 2.28. The second-order valence-corrected chi connectivity index (χ2v) is 9.21. The van der Waals surface area contributed by atoms with E-state index in [1.807, 2.05) is 25.7 Å². The summed E-state index contributed by atoms with van der Waals surface area (Å²) in [7, 11) is 0. The normalized spacial score (nSPS) is 21.8. The van der Waals surface area contributed by atoms with Crippen LogP contribution in [0.2, 0.25) is 0 Å². The molecule has 0 aliphatic carbocycles. The van der Waals surface area contributed by atoms with Gasteiger partial charge in [-0.15, -0.1) is 5.06 Å². The van der Waals surface area contributed by atoms with Gasteiger partial charge in [-0.1, -0.05) is 15.9 Å². The Kier molecular flexibility index (Phi) is 6.29. The Morgan fingerprint density at radius 3 is 2.46 bits per heavy atom. The summed E-state index contributed by atoms with van der Waals surface area (Å²) in [4.78, 5) is 32.0. The molecule has 1 aromatic carbocycles. The molecule has 8 heteroatoms. The smallest absolute Gasteiger partial charge is 0.330 e. The number of benzene rings is 1. The van der Waals surface area contributed by atoms with Gasteiger partial charge in [0.2, 0.25) is 0 Å². The number of hydroxylamine groups is 2. The summed E-state index contributed by atoms with van der Waals surface area (Å²) in [5.41, 5.74) is -0.547. The van der Waals surface area contributed by atoms with Crippen LogP contribution in [0.15, 0.2) is 22.7 Å². The minimum atomic E-state index is -0.660. The van der Waals surface area contributed by atoms with Gasteiger partial charge >= 0.3 is 5.97 Å². The maximum absolute atomic E-state index is 14.0. The fourth-order valence-electron chi connectivity index (χ4n) is 3.37. The highest BCUT2D eigenvalue weighted by molar-refractivity contribution is 9.10. The van der Waals surface area contributed by atoms with Crippen molar-refractivity contribution in [3.8, 4) is 5.75 Å². The number of likely N-dealkylation sites (tertiary alicyclic amines) is 1. The van der Waals surface area contributed by atoms with Crippen molar-refractivity contribution >= 4 is 27.8 Å². The fraction of sp³-hybridized carbons (Fsp3) is 0.600. The lowest BCUT2D eigenvalue weighted by atomic mass is 9.98. The Labute approximate surface area is 173 Å². The van der Waals surface area contributed by atoms with Crippen molar-refractivity contribution in [1.29, 1.82) is 0 Å². The van der Waals surface area contributed by atoms with Crippen molar-refractivity contribution in [1.82, 2.24) is 9.96 Å². The number of carbonyl (C=O) groups excluding carboxylic acids is 2. The minimum Gasteiger partial charge on any atom is -0.477 e. The molecule has 6 nitrogen and oxygen atoms in total. The first-order chi connectivity index (χ1) is 13.1. The molecule has 3 rings (SSSR count). The number of ether oxygens (including phenoxy) is 1. The van der Waals surface area contributed by atoms with E-state index in [4.69, 9.17) is 9.57 Å². The lowest BCUT2D eigenvalue weighted by molar-refractivity contribution is -0.206.